The van der Waals surface area contributed by atoms with Crippen LogP contribution < -0.4 is 0 Å². The first-order valence-electron chi connectivity index (χ1n) is 10.3. The minimum absolute atomic E-state index is 0.515. The van der Waals surface area contributed by atoms with E-state index in [4.69, 9.17) is 4.42 Å². The van der Waals surface area contributed by atoms with Crippen LogP contribution in [0.15, 0.2) is 71.2 Å². The summed E-state index contributed by atoms with van der Waals surface area (Å²) in [7, 11) is 0. The smallest absolute Gasteiger partial charge is 0.143 e. The van der Waals surface area contributed by atoms with Crippen molar-refractivity contribution in [2.24, 2.45) is 5.92 Å². The van der Waals surface area contributed by atoms with Gasteiger partial charge in [0.25, 0.3) is 0 Å². The second kappa shape index (κ2) is 5.30. The molecule has 0 amide bonds. The van der Waals surface area contributed by atoms with Gasteiger partial charge in [0.1, 0.15) is 11.3 Å². The Hall–Kier alpha value is -3.52. The molecule has 0 aliphatic heterocycles. The first-order chi connectivity index (χ1) is 14.3. The molecule has 6 aromatic rings. The maximum Gasteiger partial charge on any atom is 0.143 e. The Balaban J connectivity index is 1.80. The molecule has 4 aromatic carbocycles. The minimum Gasteiger partial charge on any atom is -0.460 e. The summed E-state index contributed by atoms with van der Waals surface area (Å²) in [6, 6.07) is 21.8. The van der Waals surface area contributed by atoms with Crippen molar-refractivity contribution in [1.82, 2.24) is 4.98 Å². The molecule has 2 heteroatoms. The van der Waals surface area contributed by atoms with Crippen LogP contribution in [0.25, 0.3) is 60.4 Å². The highest BCUT2D eigenvalue weighted by atomic mass is 16.3. The summed E-state index contributed by atoms with van der Waals surface area (Å²) in [6.07, 6.45) is 5.53. The molecule has 0 spiro atoms. The van der Waals surface area contributed by atoms with Crippen molar-refractivity contribution < 1.29 is 4.42 Å². The zero-order valence-corrected chi connectivity index (χ0v) is 16.1. The number of aromatic nitrogens is 1. The largest absolute Gasteiger partial charge is 0.460 e. The van der Waals surface area contributed by atoms with Gasteiger partial charge in [-0.05, 0) is 22.8 Å². The average Bonchev–Trinajstić information content (AvgIpc) is 3.31. The fraction of sp³-hybridized carbons (Fsp3) is 0.111. The molecular formula is C27H19NO. The van der Waals surface area contributed by atoms with E-state index in [2.05, 4.69) is 84.7 Å². The monoisotopic (exact) mass is 373 g/mol. The van der Waals surface area contributed by atoms with Crippen molar-refractivity contribution in [3.05, 3.63) is 78.1 Å². The van der Waals surface area contributed by atoms with E-state index in [-0.39, 0.29) is 0 Å². The quantitative estimate of drug-likeness (QED) is 0.273. The Labute approximate surface area is 167 Å². The van der Waals surface area contributed by atoms with Gasteiger partial charge >= 0.3 is 0 Å². The van der Waals surface area contributed by atoms with Crippen molar-refractivity contribution in [1.29, 1.82) is 0 Å². The molecule has 0 bridgehead atoms. The lowest BCUT2D eigenvalue weighted by atomic mass is 9.91. The second-order valence-corrected chi connectivity index (χ2v) is 8.31. The number of hydrogen-bond acceptors (Lipinski definition) is 1. The number of nitrogens with one attached hydrogen (secondary N) is 1. The lowest BCUT2D eigenvalue weighted by Gasteiger charge is -2.11. The number of aromatic amines is 1. The van der Waals surface area contributed by atoms with Gasteiger partial charge in [0, 0.05) is 44.4 Å². The number of hydrogen-bond donors (Lipinski definition) is 1. The van der Waals surface area contributed by atoms with Crippen molar-refractivity contribution in [2.75, 3.05) is 0 Å². The number of benzene rings is 4. The third-order valence-electron chi connectivity index (χ3n) is 6.51. The highest BCUT2D eigenvalue weighted by molar-refractivity contribution is 6.33. The molecule has 0 saturated heterocycles. The van der Waals surface area contributed by atoms with Crippen LogP contribution in [0.5, 0.6) is 0 Å². The molecule has 2 heterocycles. The minimum atomic E-state index is 0.515. The molecule has 2 nitrogen and oxygen atoms in total. The van der Waals surface area contributed by atoms with Gasteiger partial charge < -0.3 is 9.40 Å². The van der Waals surface area contributed by atoms with E-state index in [9.17, 15) is 0 Å². The molecule has 0 fully saturated rings. The maximum absolute atomic E-state index is 6.49. The molecule has 0 saturated carbocycles. The average molecular weight is 373 g/mol. The third kappa shape index (κ3) is 1.91. The molecule has 29 heavy (non-hydrogen) atoms. The predicted molar refractivity (Wildman–Crippen MR) is 122 cm³/mol. The molecule has 0 radical (unpaired) electrons. The van der Waals surface area contributed by atoms with Gasteiger partial charge in [-0.3, -0.25) is 0 Å². The zero-order chi connectivity index (χ0) is 19.1. The molecule has 7 rings (SSSR count). The van der Waals surface area contributed by atoms with E-state index >= 15 is 0 Å². The summed E-state index contributed by atoms with van der Waals surface area (Å²) < 4.78 is 6.49. The van der Waals surface area contributed by atoms with Crippen LogP contribution >= 0.6 is 0 Å². The Morgan fingerprint density at radius 3 is 2.45 bits per heavy atom. The van der Waals surface area contributed by atoms with Gasteiger partial charge in [-0.1, -0.05) is 73.7 Å². The topological polar surface area (TPSA) is 28.9 Å². The van der Waals surface area contributed by atoms with Gasteiger partial charge in [-0.2, -0.15) is 0 Å². The van der Waals surface area contributed by atoms with Crippen LogP contribution in [-0.2, 0) is 6.42 Å². The Kier molecular flexibility index (Phi) is 2.81. The van der Waals surface area contributed by atoms with Crippen LogP contribution in [-0.4, -0.2) is 4.98 Å². The summed E-state index contributed by atoms with van der Waals surface area (Å²) in [4.78, 5) is 3.71. The maximum atomic E-state index is 6.49. The highest BCUT2D eigenvalue weighted by Gasteiger charge is 2.23. The van der Waals surface area contributed by atoms with Crippen LogP contribution in [0.2, 0.25) is 0 Å². The van der Waals surface area contributed by atoms with Gasteiger partial charge in [-0.15, -0.1) is 0 Å². The standard InChI is InChI=1S/C27H19NO/c1-15-10-11-20-23(14-15)29-27-19-8-3-2-7-17(19)24-21(25(20)27)13-12-18-16-6-4-5-9-22(16)28-26(18)24/h2-13,15,28H,14H2,1H3. The lowest BCUT2D eigenvalue weighted by molar-refractivity contribution is 0.515. The second-order valence-electron chi connectivity index (χ2n) is 8.31. The Morgan fingerprint density at radius 2 is 1.55 bits per heavy atom. The van der Waals surface area contributed by atoms with E-state index in [0.29, 0.717) is 5.92 Å². The van der Waals surface area contributed by atoms with Crippen LogP contribution in [0.4, 0.5) is 0 Å². The number of para-hydroxylation sites is 1. The molecule has 1 aliphatic carbocycles. The lowest BCUT2D eigenvalue weighted by Crippen LogP contribution is -2.00. The highest BCUT2D eigenvalue weighted by Crippen LogP contribution is 2.44. The molecule has 2 aromatic heterocycles. The molecule has 1 N–H and O–H groups in total. The fourth-order valence-electron chi connectivity index (χ4n) is 5.20. The fourth-order valence-corrected chi connectivity index (χ4v) is 5.20. The molecule has 1 atom stereocenters. The summed E-state index contributed by atoms with van der Waals surface area (Å²) in [5.41, 5.74) is 4.67. The van der Waals surface area contributed by atoms with Crippen molar-refractivity contribution >= 4 is 60.4 Å². The van der Waals surface area contributed by atoms with E-state index < -0.39 is 0 Å². The van der Waals surface area contributed by atoms with E-state index in [1.807, 2.05) is 0 Å². The summed E-state index contributed by atoms with van der Waals surface area (Å²) in [6.45, 7) is 2.25. The van der Waals surface area contributed by atoms with Gasteiger partial charge in [0.05, 0.1) is 5.52 Å². The van der Waals surface area contributed by atoms with Crippen molar-refractivity contribution in [3.8, 4) is 0 Å². The number of furan rings is 1. The van der Waals surface area contributed by atoms with Crippen LogP contribution in [0.3, 0.4) is 0 Å². The number of fused-ring (bicyclic) bond motifs is 12. The van der Waals surface area contributed by atoms with Gasteiger partial charge in [0.2, 0.25) is 0 Å². The van der Waals surface area contributed by atoms with Crippen molar-refractivity contribution in [3.63, 3.8) is 0 Å². The van der Waals surface area contributed by atoms with Crippen LogP contribution in [0, 0.1) is 5.92 Å². The molecule has 1 aliphatic rings. The van der Waals surface area contributed by atoms with Crippen LogP contribution in [0.1, 0.15) is 18.2 Å². The first-order valence-corrected chi connectivity index (χ1v) is 10.3. The van der Waals surface area contributed by atoms with Gasteiger partial charge in [0.15, 0.2) is 0 Å². The SMILES string of the molecule is CC1C=Cc2c(oc3c4ccccc4c4c(ccc5c6ccccc6[nH]c54)c23)C1. The van der Waals surface area contributed by atoms with E-state index in [0.717, 1.165) is 17.8 Å². The summed E-state index contributed by atoms with van der Waals surface area (Å²) in [5, 5.41) is 8.79. The summed E-state index contributed by atoms with van der Waals surface area (Å²) in [5.74, 6) is 1.63. The normalized spacial score (nSPS) is 16.5. The number of H-pyrrole nitrogens is 1. The first kappa shape index (κ1) is 15.4. The van der Waals surface area contributed by atoms with Gasteiger partial charge in [-0.25, -0.2) is 0 Å². The molecule has 138 valence electrons. The third-order valence-corrected chi connectivity index (χ3v) is 6.51. The van der Waals surface area contributed by atoms with E-state index in [1.165, 1.54) is 54.3 Å². The molecule has 1 unspecified atom stereocenters. The van der Waals surface area contributed by atoms with E-state index in [1.54, 1.807) is 0 Å². The zero-order valence-electron chi connectivity index (χ0n) is 16.1. The summed E-state index contributed by atoms with van der Waals surface area (Å²) >= 11 is 0. The number of allylic oxidation sites excluding steroid dienone is 1. The Bertz CT molecular complexity index is 1640. The predicted octanol–water partition coefficient (Wildman–Crippen LogP) is 7.58. The number of rotatable bonds is 0. The Morgan fingerprint density at radius 1 is 0.793 bits per heavy atom. The van der Waals surface area contributed by atoms with Crippen molar-refractivity contribution in [2.45, 2.75) is 13.3 Å². The molecular weight excluding hydrogens is 354 g/mol.